The number of morpholine rings is 2. The van der Waals surface area contributed by atoms with Gasteiger partial charge >= 0.3 is 0 Å². The van der Waals surface area contributed by atoms with Crippen LogP contribution in [0.4, 0.5) is 0 Å². The number of hydrogen-bond donors (Lipinski definition) is 0. The highest BCUT2D eigenvalue weighted by molar-refractivity contribution is 7.75. The monoisotopic (exact) mass is 429 g/mol. The van der Waals surface area contributed by atoms with E-state index in [1.807, 2.05) is 0 Å². The molecule has 7 heteroatoms. The van der Waals surface area contributed by atoms with Crippen molar-refractivity contribution in [2.75, 3.05) is 65.7 Å². The Labute approximate surface area is 181 Å². The minimum atomic E-state index is -2.10. The summed E-state index contributed by atoms with van der Waals surface area (Å²) in [4.78, 5) is 2.44. The first-order valence-corrected chi connectivity index (χ1v) is 13.1. The van der Waals surface area contributed by atoms with Crippen molar-refractivity contribution in [1.29, 1.82) is 5.26 Å². The lowest BCUT2D eigenvalue weighted by Crippen LogP contribution is -2.47. The van der Waals surface area contributed by atoms with Crippen molar-refractivity contribution >= 4 is 7.56 Å². The lowest BCUT2D eigenvalue weighted by Gasteiger charge is -2.45. The third-order valence-electron chi connectivity index (χ3n) is 6.54. The minimum Gasteiger partial charge on any atom is -0.378 e. The van der Waals surface area contributed by atoms with Crippen LogP contribution in [0.2, 0.25) is 0 Å². The fraction of sp³-hybridized carbons (Fsp3) is 0.609. The van der Waals surface area contributed by atoms with Gasteiger partial charge in [0.2, 0.25) is 12.9 Å². The highest BCUT2D eigenvalue weighted by atomic mass is 31.2. The van der Waals surface area contributed by atoms with Gasteiger partial charge in [0, 0.05) is 13.1 Å². The van der Waals surface area contributed by atoms with E-state index in [2.05, 4.69) is 57.6 Å². The Morgan fingerprint density at radius 2 is 1.43 bits per heavy atom. The van der Waals surface area contributed by atoms with E-state index in [0.29, 0.717) is 0 Å². The van der Waals surface area contributed by atoms with E-state index in [9.17, 15) is 5.26 Å². The second-order valence-electron chi connectivity index (χ2n) is 8.25. The largest absolute Gasteiger partial charge is 0.378 e. The van der Waals surface area contributed by atoms with Crippen LogP contribution in [0.15, 0.2) is 41.3 Å². The minimum absolute atomic E-state index is 0.738. The molecule has 3 saturated heterocycles. The van der Waals surface area contributed by atoms with Crippen LogP contribution in [-0.2, 0) is 15.6 Å². The Bertz CT molecular complexity index is 743. The smallest absolute Gasteiger partial charge is 0.224 e. The van der Waals surface area contributed by atoms with Gasteiger partial charge in [-0.25, -0.2) is 0 Å². The average Bonchev–Trinajstić information content (AvgIpc) is 3.36. The molecular formula is C23H34N4O2P+. The molecule has 3 aliphatic heterocycles. The average molecular weight is 430 g/mol. The molecule has 0 radical (unpaired) electrons. The summed E-state index contributed by atoms with van der Waals surface area (Å²) >= 11 is 0. The summed E-state index contributed by atoms with van der Waals surface area (Å²) in [5.74, 6) is 0. The van der Waals surface area contributed by atoms with Gasteiger partial charge in [-0.15, -0.1) is 0 Å². The van der Waals surface area contributed by atoms with Gasteiger partial charge in [-0.2, -0.15) is 14.6 Å². The summed E-state index contributed by atoms with van der Waals surface area (Å²) in [6.45, 7) is 10.8. The van der Waals surface area contributed by atoms with Gasteiger partial charge in [0.05, 0.1) is 58.3 Å². The molecular weight excluding hydrogens is 395 g/mol. The van der Waals surface area contributed by atoms with Crippen LogP contribution in [0.5, 0.6) is 0 Å². The molecule has 0 saturated carbocycles. The lowest BCUT2D eigenvalue weighted by molar-refractivity contribution is 0.0558. The summed E-state index contributed by atoms with van der Waals surface area (Å²) in [5, 5.41) is 11.6. The Balaban J connectivity index is 1.85. The van der Waals surface area contributed by atoms with Crippen LogP contribution in [-0.4, -0.2) is 79.9 Å². The maximum Gasteiger partial charge on any atom is 0.224 e. The molecule has 0 N–H and O–H groups in total. The number of hydrogen-bond acceptors (Lipinski definition) is 6. The van der Waals surface area contributed by atoms with Gasteiger partial charge in [-0.3, -0.25) is 0 Å². The van der Waals surface area contributed by atoms with E-state index in [1.54, 1.807) is 0 Å². The highest BCUT2D eigenvalue weighted by Gasteiger charge is 2.57. The SMILES string of the molecule is C/C(=C(\C#N)[P+](Cc1ccccc1)(N1CCOCC1)N1CCOCC1)N1CCCC1. The number of rotatable bonds is 6. The summed E-state index contributed by atoms with van der Waals surface area (Å²) in [6, 6.07) is 13.5. The number of allylic oxidation sites excluding steroid dienone is 2. The first-order valence-electron chi connectivity index (χ1n) is 11.2. The second-order valence-corrected chi connectivity index (χ2v) is 11.6. The van der Waals surface area contributed by atoms with Crippen molar-refractivity contribution in [3.8, 4) is 6.07 Å². The molecule has 3 fully saturated rings. The summed E-state index contributed by atoms with van der Waals surface area (Å²) in [6.07, 6.45) is 3.34. The molecule has 1 aromatic carbocycles. The van der Waals surface area contributed by atoms with Gasteiger partial charge in [-0.1, -0.05) is 30.3 Å². The van der Waals surface area contributed by atoms with Gasteiger partial charge in [0.25, 0.3) is 0 Å². The molecule has 30 heavy (non-hydrogen) atoms. The summed E-state index contributed by atoms with van der Waals surface area (Å²) in [7, 11) is -2.10. The van der Waals surface area contributed by atoms with Crippen LogP contribution in [0.3, 0.4) is 0 Å². The van der Waals surface area contributed by atoms with Gasteiger partial charge in [0.15, 0.2) is 0 Å². The third kappa shape index (κ3) is 4.42. The zero-order valence-corrected chi connectivity index (χ0v) is 19.0. The number of nitrogens with zero attached hydrogens (tertiary/aromatic N) is 4. The topological polar surface area (TPSA) is 52.0 Å². The zero-order chi connectivity index (χ0) is 20.8. The quantitative estimate of drug-likeness (QED) is 0.509. The number of benzene rings is 1. The predicted octanol–water partition coefficient (Wildman–Crippen LogP) is 3.55. The van der Waals surface area contributed by atoms with Gasteiger partial charge in [0.1, 0.15) is 12.2 Å². The molecule has 6 nitrogen and oxygen atoms in total. The fourth-order valence-electron chi connectivity index (χ4n) is 4.97. The van der Waals surface area contributed by atoms with Crippen molar-refractivity contribution in [3.63, 3.8) is 0 Å². The molecule has 3 heterocycles. The Kier molecular flexibility index (Phi) is 7.41. The molecule has 162 valence electrons. The maximum atomic E-state index is 10.6. The normalized spacial score (nSPS) is 22.6. The highest BCUT2D eigenvalue weighted by Crippen LogP contribution is 2.73. The van der Waals surface area contributed by atoms with E-state index >= 15 is 0 Å². The molecule has 0 spiro atoms. The molecule has 4 rings (SSSR count). The molecule has 0 unspecified atom stereocenters. The molecule has 3 aliphatic rings. The van der Waals surface area contributed by atoms with Crippen molar-refractivity contribution in [3.05, 3.63) is 46.9 Å². The molecule has 0 aromatic heterocycles. The summed E-state index contributed by atoms with van der Waals surface area (Å²) in [5.41, 5.74) is 2.50. The first kappa shape index (κ1) is 21.7. The van der Waals surface area contributed by atoms with Crippen LogP contribution in [0.1, 0.15) is 25.3 Å². The van der Waals surface area contributed by atoms with Crippen molar-refractivity contribution in [1.82, 2.24) is 14.2 Å². The molecule has 0 amide bonds. The molecule has 0 aliphatic carbocycles. The van der Waals surface area contributed by atoms with Gasteiger partial charge < -0.3 is 14.4 Å². The fourth-order valence-corrected chi connectivity index (χ4v) is 9.64. The van der Waals surface area contributed by atoms with E-state index in [0.717, 1.165) is 77.2 Å². The van der Waals surface area contributed by atoms with Crippen LogP contribution >= 0.6 is 7.56 Å². The van der Waals surface area contributed by atoms with E-state index in [4.69, 9.17) is 9.47 Å². The maximum absolute atomic E-state index is 10.6. The lowest BCUT2D eigenvalue weighted by atomic mass is 10.2. The molecule has 0 bridgehead atoms. The Morgan fingerprint density at radius 3 is 1.93 bits per heavy atom. The Morgan fingerprint density at radius 1 is 0.900 bits per heavy atom. The zero-order valence-electron chi connectivity index (χ0n) is 18.1. The standard InChI is InChI=1S/C23H34N4O2P/c1-21(25-9-5-6-10-25)23(19-24)30(26-11-15-28-16-12-26,27-13-17-29-18-14-27)20-22-7-3-2-4-8-22/h2-4,7-8H,5-6,9-18,20H2,1H3/q+1/b23-21-. The van der Waals surface area contributed by atoms with Gasteiger partial charge in [-0.05, 0) is 25.3 Å². The number of nitriles is 1. The van der Waals surface area contributed by atoms with Crippen molar-refractivity contribution < 1.29 is 9.47 Å². The van der Waals surface area contributed by atoms with Crippen molar-refractivity contribution in [2.24, 2.45) is 0 Å². The number of ether oxygens (including phenoxy) is 2. The molecule has 0 atom stereocenters. The Hall–Kier alpha value is -1.48. The number of likely N-dealkylation sites (tertiary alicyclic amines) is 1. The molecule has 1 aromatic rings. The summed E-state index contributed by atoms with van der Waals surface area (Å²) < 4.78 is 16.7. The van der Waals surface area contributed by atoms with E-state index < -0.39 is 7.56 Å². The second kappa shape index (κ2) is 10.2. The van der Waals surface area contributed by atoms with E-state index in [1.165, 1.54) is 24.1 Å². The van der Waals surface area contributed by atoms with Crippen LogP contribution < -0.4 is 0 Å². The van der Waals surface area contributed by atoms with Crippen LogP contribution in [0.25, 0.3) is 0 Å². The van der Waals surface area contributed by atoms with E-state index in [-0.39, 0.29) is 0 Å². The van der Waals surface area contributed by atoms with Crippen molar-refractivity contribution in [2.45, 2.75) is 25.9 Å². The first-order chi connectivity index (χ1) is 14.8. The predicted molar refractivity (Wildman–Crippen MR) is 121 cm³/mol. The van der Waals surface area contributed by atoms with Crippen LogP contribution in [0, 0.1) is 11.3 Å². The third-order valence-corrected chi connectivity index (χ3v) is 11.2.